The molecule has 0 atom stereocenters. The molecule has 0 amide bonds. The molecule has 100 valence electrons. The minimum atomic E-state index is -4.17. The Morgan fingerprint density at radius 1 is 1.39 bits per heavy atom. The van der Waals surface area contributed by atoms with E-state index in [0.29, 0.717) is 5.56 Å². The third kappa shape index (κ3) is 5.18. The van der Waals surface area contributed by atoms with Crippen LogP contribution >= 0.6 is 0 Å². The first-order chi connectivity index (χ1) is 8.28. The monoisotopic (exact) mass is 261 g/mol. The molecule has 0 aliphatic rings. The normalized spacial score (nSPS) is 11.8. The summed E-state index contributed by atoms with van der Waals surface area (Å²) in [5.74, 6) is -1.05. The Balaban J connectivity index is 2.56. The molecule has 0 radical (unpaired) electrons. The molecule has 0 unspecified atom stereocenters. The van der Waals surface area contributed by atoms with Crippen molar-refractivity contribution in [2.24, 2.45) is 0 Å². The maximum atomic E-state index is 12.0. The highest BCUT2D eigenvalue weighted by Gasteiger charge is 2.27. The second-order valence-corrected chi connectivity index (χ2v) is 4.11. The molecule has 0 saturated heterocycles. The van der Waals surface area contributed by atoms with E-state index in [4.69, 9.17) is 5.11 Å². The van der Waals surface area contributed by atoms with Gasteiger partial charge in [-0.1, -0.05) is 12.1 Å². The average molecular weight is 261 g/mol. The quantitative estimate of drug-likeness (QED) is 0.886. The van der Waals surface area contributed by atoms with Crippen LogP contribution in [0.15, 0.2) is 24.3 Å². The number of alkyl halides is 3. The number of hydrogen-bond acceptors (Lipinski definition) is 2. The summed E-state index contributed by atoms with van der Waals surface area (Å²) in [5, 5.41) is 8.79. The molecule has 1 aromatic carbocycles. The highest BCUT2D eigenvalue weighted by Crippen LogP contribution is 2.20. The van der Waals surface area contributed by atoms with Gasteiger partial charge in [0.15, 0.2) is 0 Å². The molecule has 1 N–H and O–H groups in total. The Kier molecular flexibility index (Phi) is 4.72. The van der Waals surface area contributed by atoms with E-state index in [9.17, 15) is 18.0 Å². The summed E-state index contributed by atoms with van der Waals surface area (Å²) in [6.45, 7) is 0.179. The second-order valence-electron chi connectivity index (χ2n) is 4.11. The van der Waals surface area contributed by atoms with Crippen LogP contribution in [0.5, 0.6) is 0 Å². The molecule has 1 aromatic rings. The molecule has 0 aliphatic heterocycles. The van der Waals surface area contributed by atoms with Crippen molar-refractivity contribution in [3.63, 3.8) is 0 Å². The molecule has 0 saturated carbocycles. The van der Waals surface area contributed by atoms with Gasteiger partial charge in [0.2, 0.25) is 0 Å². The molecule has 1 rings (SSSR count). The first kappa shape index (κ1) is 14.5. The number of aromatic carboxylic acids is 1. The fraction of sp³-hybridized carbons (Fsp3) is 0.417. The molecule has 0 bridgehead atoms. The van der Waals surface area contributed by atoms with Gasteiger partial charge in [-0.2, -0.15) is 13.2 Å². The van der Waals surface area contributed by atoms with E-state index < -0.39 is 18.6 Å². The number of nitrogens with zero attached hydrogens (tertiary/aromatic N) is 1. The van der Waals surface area contributed by atoms with Gasteiger partial charge in [0.25, 0.3) is 0 Å². The molecule has 6 heteroatoms. The SMILES string of the molecule is CN(CCC(F)(F)F)Cc1cccc(C(=O)O)c1. The Hall–Kier alpha value is -1.56. The predicted molar refractivity (Wildman–Crippen MR) is 60.4 cm³/mol. The number of benzene rings is 1. The van der Waals surface area contributed by atoms with E-state index in [2.05, 4.69) is 0 Å². The number of carbonyl (C=O) groups is 1. The molecule has 0 heterocycles. The van der Waals surface area contributed by atoms with Gasteiger partial charge in [0.1, 0.15) is 0 Å². The molecular formula is C12H14F3NO2. The molecule has 3 nitrogen and oxygen atoms in total. The zero-order valence-electron chi connectivity index (χ0n) is 9.87. The van der Waals surface area contributed by atoms with Crippen molar-refractivity contribution in [1.82, 2.24) is 4.90 Å². The van der Waals surface area contributed by atoms with Crippen LogP contribution in [0.2, 0.25) is 0 Å². The lowest BCUT2D eigenvalue weighted by molar-refractivity contribution is -0.137. The second kappa shape index (κ2) is 5.86. The van der Waals surface area contributed by atoms with Gasteiger partial charge < -0.3 is 10.0 Å². The summed E-state index contributed by atoms with van der Waals surface area (Å²) in [6, 6.07) is 6.18. The lowest BCUT2D eigenvalue weighted by atomic mass is 10.1. The number of carboxylic acid groups (broad SMARTS) is 1. The van der Waals surface area contributed by atoms with E-state index in [-0.39, 0.29) is 18.7 Å². The Labute approximate surface area is 103 Å². The topological polar surface area (TPSA) is 40.5 Å². The fourth-order valence-electron chi connectivity index (χ4n) is 1.51. The van der Waals surface area contributed by atoms with Crippen molar-refractivity contribution in [2.75, 3.05) is 13.6 Å². The average Bonchev–Trinajstić information content (AvgIpc) is 2.26. The zero-order valence-corrected chi connectivity index (χ0v) is 9.87. The van der Waals surface area contributed by atoms with Crippen molar-refractivity contribution in [2.45, 2.75) is 19.1 Å². The first-order valence-corrected chi connectivity index (χ1v) is 5.35. The summed E-state index contributed by atoms with van der Waals surface area (Å²) in [7, 11) is 1.57. The Morgan fingerprint density at radius 2 is 2.06 bits per heavy atom. The van der Waals surface area contributed by atoms with Crippen LogP contribution in [-0.4, -0.2) is 35.7 Å². The van der Waals surface area contributed by atoms with Gasteiger partial charge in [-0.3, -0.25) is 0 Å². The summed E-state index contributed by atoms with van der Waals surface area (Å²) < 4.78 is 36.1. The largest absolute Gasteiger partial charge is 0.478 e. The van der Waals surface area contributed by atoms with Gasteiger partial charge in [-0.25, -0.2) is 4.79 Å². The van der Waals surface area contributed by atoms with Crippen molar-refractivity contribution >= 4 is 5.97 Å². The van der Waals surface area contributed by atoms with Crippen LogP contribution in [0.25, 0.3) is 0 Å². The molecule has 0 fully saturated rings. The maximum absolute atomic E-state index is 12.0. The minimum absolute atomic E-state index is 0.110. The van der Waals surface area contributed by atoms with E-state index in [0.717, 1.165) is 0 Å². The lowest BCUT2D eigenvalue weighted by Gasteiger charge is -2.17. The van der Waals surface area contributed by atoms with Crippen molar-refractivity contribution in [3.05, 3.63) is 35.4 Å². The summed E-state index contributed by atoms with van der Waals surface area (Å²) in [5.41, 5.74) is 0.816. The van der Waals surface area contributed by atoms with Crippen molar-refractivity contribution in [1.29, 1.82) is 0 Å². The standard InChI is InChI=1S/C12H14F3NO2/c1-16(6-5-12(13,14)15)8-9-3-2-4-10(7-9)11(17)18/h2-4,7H,5-6,8H2,1H3,(H,17,18). The van der Waals surface area contributed by atoms with Gasteiger partial charge in [0.05, 0.1) is 12.0 Å². The summed E-state index contributed by atoms with van der Waals surface area (Å²) in [6.07, 6.45) is -5.04. The van der Waals surface area contributed by atoms with E-state index in [1.54, 1.807) is 19.2 Å². The van der Waals surface area contributed by atoms with Crippen LogP contribution in [0.4, 0.5) is 13.2 Å². The highest BCUT2D eigenvalue weighted by atomic mass is 19.4. The first-order valence-electron chi connectivity index (χ1n) is 5.35. The Morgan fingerprint density at radius 3 is 2.61 bits per heavy atom. The van der Waals surface area contributed by atoms with E-state index in [1.807, 2.05) is 0 Å². The Bertz CT molecular complexity index is 418. The fourth-order valence-corrected chi connectivity index (χ4v) is 1.51. The van der Waals surface area contributed by atoms with Crippen LogP contribution in [0, 0.1) is 0 Å². The number of halogens is 3. The number of hydrogen-bond donors (Lipinski definition) is 1. The van der Waals surface area contributed by atoms with Crippen LogP contribution in [-0.2, 0) is 6.54 Å². The number of rotatable bonds is 5. The summed E-state index contributed by atoms with van der Waals surface area (Å²) >= 11 is 0. The molecule has 0 aromatic heterocycles. The van der Waals surface area contributed by atoms with Gasteiger partial charge in [-0.05, 0) is 24.7 Å². The number of carboxylic acids is 1. The summed E-state index contributed by atoms with van der Waals surface area (Å²) in [4.78, 5) is 12.2. The van der Waals surface area contributed by atoms with Crippen molar-refractivity contribution in [3.8, 4) is 0 Å². The zero-order chi connectivity index (χ0) is 13.8. The predicted octanol–water partition coefficient (Wildman–Crippen LogP) is 2.77. The van der Waals surface area contributed by atoms with Gasteiger partial charge in [0, 0.05) is 13.1 Å². The van der Waals surface area contributed by atoms with Gasteiger partial charge in [-0.15, -0.1) is 0 Å². The third-order valence-corrected chi connectivity index (χ3v) is 2.40. The lowest BCUT2D eigenvalue weighted by Crippen LogP contribution is -2.24. The highest BCUT2D eigenvalue weighted by molar-refractivity contribution is 5.87. The van der Waals surface area contributed by atoms with Crippen LogP contribution in [0.1, 0.15) is 22.3 Å². The van der Waals surface area contributed by atoms with E-state index in [1.165, 1.54) is 17.0 Å². The molecule has 18 heavy (non-hydrogen) atoms. The van der Waals surface area contributed by atoms with Crippen LogP contribution in [0.3, 0.4) is 0 Å². The minimum Gasteiger partial charge on any atom is -0.478 e. The van der Waals surface area contributed by atoms with Gasteiger partial charge >= 0.3 is 12.1 Å². The van der Waals surface area contributed by atoms with E-state index >= 15 is 0 Å². The maximum Gasteiger partial charge on any atom is 0.390 e. The molecule has 0 aliphatic carbocycles. The smallest absolute Gasteiger partial charge is 0.390 e. The third-order valence-electron chi connectivity index (χ3n) is 2.40. The van der Waals surface area contributed by atoms with Crippen molar-refractivity contribution < 1.29 is 23.1 Å². The van der Waals surface area contributed by atoms with Crippen LogP contribution < -0.4 is 0 Å². The molecular weight excluding hydrogens is 247 g/mol. The molecule has 0 spiro atoms.